The van der Waals surface area contributed by atoms with E-state index in [1.54, 1.807) is 12.1 Å². The second-order valence-corrected chi connectivity index (χ2v) is 3.42. The lowest BCUT2D eigenvalue weighted by molar-refractivity contribution is -0.128. The Kier molecular flexibility index (Phi) is 2.58. The zero-order valence-corrected chi connectivity index (χ0v) is 8.64. The Labute approximate surface area is 96.4 Å². The summed E-state index contributed by atoms with van der Waals surface area (Å²) in [6.07, 6.45) is -0.372. The molecule has 1 aromatic rings. The van der Waals surface area contributed by atoms with Gasteiger partial charge >= 0.3 is 6.03 Å². The summed E-state index contributed by atoms with van der Waals surface area (Å²) in [5.41, 5.74) is 0.610. The number of nitrogens with zero attached hydrogens (tertiary/aromatic N) is 2. The van der Waals surface area contributed by atoms with Gasteiger partial charge < -0.3 is 0 Å². The number of benzene rings is 1. The summed E-state index contributed by atoms with van der Waals surface area (Å²) in [5, 5.41) is 10.8. The molecule has 0 saturated carbocycles. The highest BCUT2D eigenvalue weighted by molar-refractivity contribution is 6.26. The zero-order valence-electron chi connectivity index (χ0n) is 8.64. The van der Waals surface area contributed by atoms with Gasteiger partial charge in [-0.2, -0.15) is 5.26 Å². The van der Waals surface area contributed by atoms with Crippen molar-refractivity contribution >= 4 is 23.5 Å². The van der Waals surface area contributed by atoms with Crippen molar-refractivity contribution in [3.8, 4) is 6.07 Å². The van der Waals surface area contributed by atoms with E-state index < -0.39 is 17.8 Å². The first-order valence-electron chi connectivity index (χ1n) is 4.79. The zero-order chi connectivity index (χ0) is 12.4. The average Bonchev–Trinajstić information content (AvgIpc) is 2.28. The van der Waals surface area contributed by atoms with E-state index in [2.05, 4.69) is 0 Å². The number of nitriles is 1. The maximum atomic E-state index is 11.6. The van der Waals surface area contributed by atoms with Crippen LogP contribution in [0.3, 0.4) is 0 Å². The molecule has 6 nitrogen and oxygen atoms in total. The maximum Gasteiger partial charge on any atom is 0.335 e. The third-order valence-corrected chi connectivity index (χ3v) is 2.24. The van der Waals surface area contributed by atoms with E-state index in [0.717, 1.165) is 4.90 Å². The molecule has 1 saturated heterocycles. The lowest BCUT2D eigenvalue weighted by Gasteiger charge is -2.24. The van der Waals surface area contributed by atoms with Crippen LogP contribution in [0.1, 0.15) is 12.0 Å². The van der Waals surface area contributed by atoms with Crippen LogP contribution in [0.15, 0.2) is 24.3 Å². The Morgan fingerprint density at radius 2 is 2.06 bits per heavy atom. The van der Waals surface area contributed by atoms with Gasteiger partial charge in [0, 0.05) is 0 Å². The maximum absolute atomic E-state index is 11.6. The van der Waals surface area contributed by atoms with Crippen molar-refractivity contribution in [2.24, 2.45) is 0 Å². The Hall–Kier alpha value is -2.68. The minimum absolute atomic E-state index is 0.277. The number of barbiturate groups is 1. The first-order chi connectivity index (χ1) is 8.11. The van der Waals surface area contributed by atoms with E-state index in [1.807, 2.05) is 11.4 Å². The summed E-state index contributed by atoms with van der Waals surface area (Å²) < 4.78 is 0. The molecule has 2 rings (SSSR count). The fourth-order valence-corrected chi connectivity index (χ4v) is 1.52. The molecule has 1 aliphatic heterocycles. The van der Waals surface area contributed by atoms with Gasteiger partial charge in [-0.1, -0.05) is 6.07 Å². The molecule has 0 unspecified atom stereocenters. The summed E-state index contributed by atoms with van der Waals surface area (Å²) in [6.45, 7) is 0. The fraction of sp³-hybridized carbons (Fsp3) is 0.0909. The third kappa shape index (κ3) is 1.99. The normalized spacial score (nSPS) is 15.5. The van der Waals surface area contributed by atoms with E-state index in [4.69, 9.17) is 5.26 Å². The van der Waals surface area contributed by atoms with Crippen molar-refractivity contribution in [3.05, 3.63) is 29.8 Å². The molecular formula is C11H7N3O3. The quantitative estimate of drug-likeness (QED) is 0.711. The van der Waals surface area contributed by atoms with Gasteiger partial charge in [-0.05, 0) is 18.2 Å². The van der Waals surface area contributed by atoms with Gasteiger partial charge in [-0.15, -0.1) is 0 Å². The number of hydrogen-bond acceptors (Lipinski definition) is 4. The van der Waals surface area contributed by atoms with Gasteiger partial charge in [0.1, 0.15) is 6.42 Å². The Balaban J connectivity index is 2.39. The van der Waals surface area contributed by atoms with Crippen LogP contribution in [0.2, 0.25) is 0 Å². The molecule has 6 heteroatoms. The minimum Gasteiger partial charge on any atom is -0.277 e. The Bertz CT molecular complexity index is 539. The summed E-state index contributed by atoms with van der Waals surface area (Å²) in [7, 11) is 0. The van der Waals surface area contributed by atoms with Crippen molar-refractivity contribution in [3.63, 3.8) is 0 Å². The van der Waals surface area contributed by atoms with Crippen LogP contribution in [0, 0.1) is 11.3 Å². The molecule has 84 valence electrons. The predicted octanol–water partition coefficient (Wildman–Crippen LogP) is 0.531. The van der Waals surface area contributed by atoms with Gasteiger partial charge in [0.2, 0.25) is 11.8 Å². The third-order valence-electron chi connectivity index (χ3n) is 2.24. The van der Waals surface area contributed by atoms with Crippen molar-refractivity contribution in [1.29, 1.82) is 5.26 Å². The molecule has 0 spiro atoms. The molecule has 1 aromatic carbocycles. The van der Waals surface area contributed by atoms with Crippen LogP contribution >= 0.6 is 0 Å². The Morgan fingerprint density at radius 1 is 1.29 bits per heavy atom. The minimum atomic E-state index is -0.790. The molecule has 1 N–H and O–H groups in total. The van der Waals surface area contributed by atoms with E-state index in [-0.39, 0.29) is 12.1 Å². The molecule has 17 heavy (non-hydrogen) atoms. The largest absolute Gasteiger partial charge is 0.335 e. The smallest absolute Gasteiger partial charge is 0.277 e. The molecule has 1 fully saturated rings. The van der Waals surface area contributed by atoms with Gasteiger partial charge in [0.05, 0.1) is 17.3 Å². The highest BCUT2D eigenvalue weighted by Crippen LogP contribution is 2.19. The first kappa shape index (κ1) is 10.8. The molecule has 4 amide bonds. The molecule has 0 bridgehead atoms. The number of carbonyl (C=O) groups excluding carboxylic acids is 3. The van der Waals surface area contributed by atoms with Gasteiger partial charge in [0.25, 0.3) is 0 Å². The van der Waals surface area contributed by atoms with Gasteiger partial charge in [-0.3, -0.25) is 14.9 Å². The van der Waals surface area contributed by atoms with Crippen molar-refractivity contribution in [2.45, 2.75) is 6.42 Å². The monoisotopic (exact) mass is 229 g/mol. The molecule has 0 radical (unpaired) electrons. The number of carbonyl (C=O) groups is 3. The lowest BCUT2D eigenvalue weighted by Crippen LogP contribution is -2.52. The fourth-order valence-electron chi connectivity index (χ4n) is 1.52. The molecular weight excluding hydrogens is 222 g/mol. The molecule has 0 atom stereocenters. The number of urea groups is 1. The van der Waals surface area contributed by atoms with E-state index in [1.165, 1.54) is 12.1 Å². The number of rotatable bonds is 1. The van der Waals surface area contributed by atoms with Crippen LogP contribution in [-0.2, 0) is 9.59 Å². The van der Waals surface area contributed by atoms with Crippen LogP contribution in [0.5, 0.6) is 0 Å². The standard InChI is InChI=1S/C11H7N3O3/c12-6-7-2-1-3-8(4-7)14-10(16)5-9(15)13-11(14)17/h1-4H,5H2,(H,13,15,17). The number of imide groups is 2. The van der Waals surface area contributed by atoms with Crippen LogP contribution in [0.4, 0.5) is 10.5 Å². The van der Waals surface area contributed by atoms with Crippen molar-refractivity contribution < 1.29 is 14.4 Å². The van der Waals surface area contributed by atoms with E-state index in [9.17, 15) is 14.4 Å². The number of amides is 4. The predicted molar refractivity (Wildman–Crippen MR) is 56.8 cm³/mol. The van der Waals surface area contributed by atoms with E-state index >= 15 is 0 Å². The second-order valence-electron chi connectivity index (χ2n) is 3.42. The number of anilines is 1. The van der Waals surface area contributed by atoms with Crippen LogP contribution in [0.25, 0.3) is 0 Å². The summed E-state index contributed by atoms with van der Waals surface area (Å²) in [5.74, 6) is -1.22. The van der Waals surface area contributed by atoms with Crippen LogP contribution < -0.4 is 10.2 Å². The summed E-state index contributed by atoms with van der Waals surface area (Å²) in [6, 6.07) is 7.17. The lowest BCUT2D eigenvalue weighted by atomic mass is 10.2. The second kappa shape index (κ2) is 4.06. The van der Waals surface area contributed by atoms with Gasteiger partial charge in [-0.25, -0.2) is 9.69 Å². The first-order valence-corrected chi connectivity index (χ1v) is 4.79. The topological polar surface area (TPSA) is 90.3 Å². The highest BCUT2D eigenvalue weighted by Gasteiger charge is 2.31. The average molecular weight is 229 g/mol. The molecule has 0 aromatic heterocycles. The summed E-state index contributed by atoms with van der Waals surface area (Å²) >= 11 is 0. The van der Waals surface area contributed by atoms with Crippen LogP contribution in [-0.4, -0.2) is 17.8 Å². The van der Waals surface area contributed by atoms with E-state index in [0.29, 0.717) is 5.56 Å². The number of nitrogens with one attached hydrogen (secondary N) is 1. The Morgan fingerprint density at radius 3 is 2.71 bits per heavy atom. The van der Waals surface area contributed by atoms with Crippen molar-refractivity contribution in [1.82, 2.24) is 5.32 Å². The molecule has 1 heterocycles. The van der Waals surface area contributed by atoms with Gasteiger partial charge in [0.15, 0.2) is 0 Å². The number of hydrogen-bond donors (Lipinski definition) is 1. The van der Waals surface area contributed by atoms with Crippen molar-refractivity contribution in [2.75, 3.05) is 4.90 Å². The highest BCUT2D eigenvalue weighted by atomic mass is 16.2. The molecule has 0 aliphatic carbocycles. The SMILES string of the molecule is N#Cc1cccc(N2C(=O)CC(=O)NC2=O)c1. The molecule has 1 aliphatic rings. The summed E-state index contributed by atoms with van der Waals surface area (Å²) in [4.78, 5) is 34.9.